The van der Waals surface area contributed by atoms with E-state index < -0.39 is 0 Å². The molecule has 0 bridgehead atoms. The molecule has 18 heavy (non-hydrogen) atoms. The summed E-state index contributed by atoms with van der Waals surface area (Å²) >= 11 is 0. The molecule has 0 unspecified atom stereocenters. The highest BCUT2D eigenvalue weighted by Crippen LogP contribution is 2.38. The molecule has 0 fully saturated rings. The van der Waals surface area contributed by atoms with Crippen LogP contribution in [0.4, 0.5) is 0 Å². The Morgan fingerprint density at radius 3 is 1.67 bits per heavy atom. The Morgan fingerprint density at radius 1 is 0.889 bits per heavy atom. The van der Waals surface area contributed by atoms with Crippen molar-refractivity contribution in [1.29, 1.82) is 0 Å². The second-order valence-electron chi connectivity index (χ2n) is 4.66. The van der Waals surface area contributed by atoms with Gasteiger partial charge in [0, 0.05) is 5.41 Å². The fourth-order valence-corrected chi connectivity index (χ4v) is 2.72. The van der Waals surface area contributed by atoms with Gasteiger partial charge in [-0.25, -0.2) is 0 Å². The molecule has 0 amide bonds. The molecule has 0 radical (unpaired) electrons. The highest BCUT2D eigenvalue weighted by atomic mass is 14.3. The molecule has 0 aromatic heterocycles. The topological polar surface area (TPSA) is 0 Å². The average Bonchev–Trinajstić information content (AvgIpc) is 2.47. The lowest BCUT2D eigenvalue weighted by Gasteiger charge is -2.33. The molecular formula is C18H20. The maximum atomic E-state index is 3.94. The zero-order chi connectivity index (χ0) is 12.8. The van der Waals surface area contributed by atoms with Gasteiger partial charge in [-0.3, -0.25) is 0 Å². The van der Waals surface area contributed by atoms with Crippen LogP contribution in [0.15, 0.2) is 73.3 Å². The summed E-state index contributed by atoms with van der Waals surface area (Å²) in [6.45, 7) is 6.20. The molecule has 0 saturated heterocycles. The minimum absolute atomic E-state index is 0.0598. The highest BCUT2D eigenvalue weighted by molar-refractivity contribution is 5.39. The first-order chi connectivity index (χ1) is 8.83. The molecule has 0 spiro atoms. The van der Waals surface area contributed by atoms with Crippen molar-refractivity contribution in [3.63, 3.8) is 0 Å². The van der Waals surface area contributed by atoms with Crippen LogP contribution in [0.2, 0.25) is 0 Å². The summed E-state index contributed by atoms with van der Waals surface area (Å²) < 4.78 is 0. The third-order valence-electron chi connectivity index (χ3n) is 3.75. The zero-order valence-electron chi connectivity index (χ0n) is 11.0. The number of allylic oxidation sites excluding steroid dienone is 1. The Morgan fingerprint density at radius 2 is 1.33 bits per heavy atom. The second kappa shape index (κ2) is 5.68. The number of hydrogen-bond acceptors (Lipinski definition) is 0. The largest absolute Gasteiger partial charge is 0.103 e. The molecule has 2 rings (SSSR count). The first-order valence-corrected chi connectivity index (χ1v) is 6.55. The molecule has 0 atom stereocenters. The number of rotatable bonds is 5. The minimum Gasteiger partial charge on any atom is -0.103 e. The molecule has 2 aromatic rings. The van der Waals surface area contributed by atoms with Gasteiger partial charge in [0.05, 0.1) is 0 Å². The van der Waals surface area contributed by atoms with Crippen LogP contribution in [0.3, 0.4) is 0 Å². The van der Waals surface area contributed by atoms with E-state index in [2.05, 4.69) is 74.2 Å². The highest BCUT2D eigenvalue weighted by Gasteiger charge is 2.30. The van der Waals surface area contributed by atoms with E-state index in [-0.39, 0.29) is 5.41 Å². The lowest BCUT2D eigenvalue weighted by Crippen LogP contribution is -2.26. The van der Waals surface area contributed by atoms with Crippen LogP contribution >= 0.6 is 0 Å². The van der Waals surface area contributed by atoms with E-state index in [1.165, 1.54) is 11.1 Å². The summed E-state index contributed by atoms with van der Waals surface area (Å²) in [4.78, 5) is 0. The van der Waals surface area contributed by atoms with Crippen molar-refractivity contribution < 1.29 is 0 Å². The van der Waals surface area contributed by atoms with E-state index in [9.17, 15) is 0 Å². The average molecular weight is 236 g/mol. The monoisotopic (exact) mass is 236 g/mol. The van der Waals surface area contributed by atoms with Gasteiger partial charge in [-0.2, -0.15) is 0 Å². The van der Waals surface area contributed by atoms with Crippen LogP contribution in [0, 0.1) is 0 Å². The maximum absolute atomic E-state index is 3.94. The molecular weight excluding hydrogens is 216 g/mol. The molecule has 0 heteroatoms. The van der Waals surface area contributed by atoms with Gasteiger partial charge in [0.15, 0.2) is 0 Å². The molecule has 2 aromatic carbocycles. The van der Waals surface area contributed by atoms with Crippen molar-refractivity contribution in [1.82, 2.24) is 0 Å². The van der Waals surface area contributed by atoms with Gasteiger partial charge in [0.2, 0.25) is 0 Å². The first kappa shape index (κ1) is 12.6. The Bertz CT molecular complexity index is 442. The van der Waals surface area contributed by atoms with E-state index in [1.54, 1.807) is 0 Å². The van der Waals surface area contributed by atoms with Crippen LogP contribution in [0.5, 0.6) is 0 Å². The van der Waals surface area contributed by atoms with Crippen LogP contribution in [-0.4, -0.2) is 0 Å². The molecule has 0 saturated carbocycles. The van der Waals surface area contributed by atoms with Crippen LogP contribution in [0.1, 0.15) is 30.9 Å². The van der Waals surface area contributed by atoms with Gasteiger partial charge in [0.1, 0.15) is 0 Å². The summed E-state index contributed by atoms with van der Waals surface area (Å²) in [5.41, 5.74) is 2.81. The van der Waals surface area contributed by atoms with Gasteiger partial charge in [0.25, 0.3) is 0 Å². The lowest BCUT2D eigenvalue weighted by molar-refractivity contribution is 0.502. The summed E-state index contributed by atoms with van der Waals surface area (Å²) in [5, 5.41) is 0. The summed E-state index contributed by atoms with van der Waals surface area (Å²) in [6, 6.07) is 21.5. The fourth-order valence-electron chi connectivity index (χ4n) is 2.72. The SMILES string of the molecule is C=CCC(CC)(c1ccccc1)c1ccccc1. The molecule has 0 N–H and O–H groups in total. The summed E-state index contributed by atoms with van der Waals surface area (Å²) in [6.07, 6.45) is 4.08. The predicted octanol–water partition coefficient (Wildman–Crippen LogP) is 4.96. The minimum atomic E-state index is 0.0598. The molecule has 92 valence electrons. The van der Waals surface area contributed by atoms with Gasteiger partial charge < -0.3 is 0 Å². The van der Waals surface area contributed by atoms with E-state index in [0.717, 1.165) is 12.8 Å². The smallest absolute Gasteiger partial charge is 0.0234 e. The number of benzene rings is 2. The Balaban J connectivity index is 2.57. The number of hydrogen-bond donors (Lipinski definition) is 0. The van der Waals surface area contributed by atoms with Crippen molar-refractivity contribution >= 4 is 0 Å². The Kier molecular flexibility index (Phi) is 3.99. The fraction of sp³-hybridized carbons (Fsp3) is 0.222. The molecule has 0 aliphatic heterocycles. The molecule has 0 aliphatic carbocycles. The summed E-state index contributed by atoms with van der Waals surface area (Å²) in [7, 11) is 0. The Hall–Kier alpha value is -1.82. The zero-order valence-corrected chi connectivity index (χ0v) is 11.0. The van der Waals surface area contributed by atoms with Gasteiger partial charge in [-0.05, 0) is 24.0 Å². The predicted molar refractivity (Wildman–Crippen MR) is 78.8 cm³/mol. The molecule has 0 heterocycles. The third-order valence-corrected chi connectivity index (χ3v) is 3.75. The summed E-state index contributed by atoms with van der Waals surface area (Å²) in [5.74, 6) is 0. The maximum Gasteiger partial charge on any atom is 0.0234 e. The van der Waals surface area contributed by atoms with Crippen LogP contribution < -0.4 is 0 Å². The normalized spacial score (nSPS) is 11.2. The second-order valence-corrected chi connectivity index (χ2v) is 4.66. The van der Waals surface area contributed by atoms with Gasteiger partial charge >= 0.3 is 0 Å². The van der Waals surface area contributed by atoms with Crippen molar-refractivity contribution in [3.8, 4) is 0 Å². The third kappa shape index (κ3) is 2.24. The van der Waals surface area contributed by atoms with Crippen molar-refractivity contribution in [3.05, 3.63) is 84.4 Å². The van der Waals surface area contributed by atoms with Crippen molar-refractivity contribution in [2.24, 2.45) is 0 Å². The quantitative estimate of drug-likeness (QED) is 0.644. The van der Waals surface area contributed by atoms with Gasteiger partial charge in [-0.15, -0.1) is 6.58 Å². The van der Waals surface area contributed by atoms with E-state index in [1.807, 2.05) is 6.08 Å². The van der Waals surface area contributed by atoms with Crippen molar-refractivity contribution in [2.45, 2.75) is 25.2 Å². The van der Waals surface area contributed by atoms with E-state index in [0.29, 0.717) is 0 Å². The van der Waals surface area contributed by atoms with Gasteiger partial charge in [-0.1, -0.05) is 73.7 Å². The van der Waals surface area contributed by atoms with E-state index in [4.69, 9.17) is 0 Å². The van der Waals surface area contributed by atoms with Crippen molar-refractivity contribution in [2.75, 3.05) is 0 Å². The van der Waals surface area contributed by atoms with E-state index >= 15 is 0 Å². The molecule has 0 aliphatic rings. The van der Waals surface area contributed by atoms with Crippen LogP contribution in [-0.2, 0) is 5.41 Å². The van der Waals surface area contributed by atoms with Crippen LogP contribution in [0.25, 0.3) is 0 Å². The first-order valence-electron chi connectivity index (χ1n) is 6.55. The lowest BCUT2D eigenvalue weighted by atomic mass is 9.70. The Labute approximate surface area is 110 Å². The standard InChI is InChI=1S/C18H20/c1-3-15-18(4-2,16-11-7-5-8-12-16)17-13-9-6-10-14-17/h3,5-14H,1,4,15H2,2H3. The molecule has 0 nitrogen and oxygen atoms in total.